The lowest BCUT2D eigenvalue weighted by Gasteiger charge is -2.06. The average Bonchev–Trinajstić information content (AvgIpc) is 2.96. The van der Waals surface area contributed by atoms with Gasteiger partial charge in [-0.15, -0.1) is 0 Å². The molecule has 1 aromatic carbocycles. The molecule has 0 saturated carbocycles. The first-order valence-electron chi connectivity index (χ1n) is 6.31. The summed E-state index contributed by atoms with van der Waals surface area (Å²) in [5.41, 5.74) is 0.835. The topological polar surface area (TPSA) is 106 Å². The van der Waals surface area contributed by atoms with Gasteiger partial charge in [-0.05, 0) is 22.8 Å². The van der Waals surface area contributed by atoms with Gasteiger partial charge in [0.2, 0.25) is 5.82 Å². The van der Waals surface area contributed by atoms with E-state index in [2.05, 4.69) is 25.0 Å². The van der Waals surface area contributed by atoms with E-state index < -0.39 is 10.0 Å². The van der Waals surface area contributed by atoms with Crippen LogP contribution in [0.25, 0.3) is 0 Å². The zero-order valence-corrected chi connectivity index (χ0v) is 12.3. The Morgan fingerprint density at radius 3 is 2.71 bits per heavy atom. The molecule has 0 atom stereocenters. The Balaban J connectivity index is 2.04. The van der Waals surface area contributed by atoms with Crippen molar-refractivity contribution in [2.45, 2.75) is 18.5 Å². The number of anilines is 1. The molecule has 0 aliphatic heterocycles. The number of benzene rings is 1. The van der Waals surface area contributed by atoms with Gasteiger partial charge in [0.25, 0.3) is 15.0 Å². The number of hydrogen-bond donors (Lipinski definition) is 2. The van der Waals surface area contributed by atoms with Crippen molar-refractivity contribution in [1.29, 1.82) is 0 Å². The van der Waals surface area contributed by atoms with Crippen molar-refractivity contribution in [1.82, 2.24) is 15.0 Å². The molecule has 0 radical (unpaired) electrons. The van der Waals surface area contributed by atoms with Crippen LogP contribution < -0.4 is 10.0 Å². The van der Waals surface area contributed by atoms with Gasteiger partial charge in [0.05, 0.1) is 0 Å². The first kappa shape index (κ1) is 15.4. The molecule has 0 saturated heterocycles. The van der Waals surface area contributed by atoms with Crippen LogP contribution in [-0.2, 0) is 21.3 Å². The second-order valence-corrected chi connectivity index (χ2v) is 5.72. The van der Waals surface area contributed by atoms with E-state index in [0.717, 1.165) is 5.56 Å². The van der Waals surface area contributed by atoms with E-state index in [9.17, 15) is 8.42 Å². The average molecular weight is 312 g/mol. The molecule has 2 rings (SSSR count). The molecular formula is C12H16N4O4S. The number of rotatable bonds is 8. The first-order valence-corrected chi connectivity index (χ1v) is 7.79. The highest BCUT2D eigenvalue weighted by Crippen LogP contribution is 2.16. The molecule has 9 heteroatoms. The lowest BCUT2D eigenvalue weighted by Crippen LogP contribution is -2.24. The van der Waals surface area contributed by atoms with Crippen molar-refractivity contribution < 1.29 is 17.8 Å². The quantitative estimate of drug-likeness (QED) is 0.552. The highest BCUT2D eigenvalue weighted by Gasteiger charge is 2.24. The van der Waals surface area contributed by atoms with E-state index in [0.29, 0.717) is 6.61 Å². The maximum atomic E-state index is 12.2. The van der Waals surface area contributed by atoms with E-state index in [4.69, 9.17) is 4.74 Å². The summed E-state index contributed by atoms with van der Waals surface area (Å²) in [4.78, 5) is 0. The monoisotopic (exact) mass is 312 g/mol. The van der Waals surface area contributed by atoms with Crippen molar-refractivity contribution >= 4 is 15.8 Å². The molecule has 0 amide bonds. The molecule has 0 spiro atoms. The van der Waals surface area contributed by atoms with Crippen LogP contribution in [0, 0.1) is 0 Å². The maximum absolute atomic E-state index is 12.2. The molecule has 0 fully saturated rings. The minimum absolute atomic E-state index is 0.0176. The van der Waals surface area contributed by atoms with Crippen molar-refractivity contribution in [2.75, 3.05) is 18.7 Å². The number of nitrogens with one attached hydrogen (secondary N) is 2. The van der Waals surface area contributed by atoms with Gasteiger partial charge >= 0.3 is 0 Å². The Morgan fingerprint density at radius 2 is 2.00 bits per heavy atom. The number of ether oxygens (including phenoxy) is 1. The minimum Gasteiger partial charge on any atom is -0.362 e. The van der Waals surface area contributed by atoms with E-state index in [-0.39, 0.29) is 24.1 Å². The Bertz CT molecular complexity index is 657. The maximum Gasteiger partial charge on any atom is 0.265 e. The SMILES string of the molecule is CCOCNc1nonc1S(=O)(=O)NCc1ccccc1. The standard InChI is InChI=1S/C12H16N4O4S/c1-2-19-9-13-11-12(16-20-15-11)21(17,18)14-8-10-6-4-3-5-7-10/h3-7,14H,2,8-9H2,1H3,(H,13,15). The molecule has 2 aromatic rings. The largest absolute Gasteiger partial charge is 0.362 e. The van der Waals surface area contributed by atoms with Crippen LogP contribution in [0.2, 0.25) is 0 Å². The van der Waals surface area contributed by atoms with E-state index in [1.165, 1.54) is 0 Å². The van der Waals surface area contributed by atoms with Crippen LogP contribution in [0.1, 0.15) is 12.5 Å². The Kier molecular flexibility index (Phi) is 5.26. The van der Waals surface area contributed by atoms with Crippen LogP contribution >= 0.6 is 0 Å². The van der Waals surface area contributed by atoms with Crippen LogP contribution in [0.5, 0.6) is 0 Å². The zero-order chi connectivity index (χ0) is 15.1. The zero-order valence-electron chi connectivity index (χ0n) is 11.4. The highest BCUT2D eigenvalue weighted by molar-refractivity contribution is 7.89. The summed E-state index contributed by atoms with van der Waals surface area (Å²) in [5.74, 6) is 0.0176. The normalized spacial score (nSPS) is 11.5. The molecule has 114 valence electrons. The lowest BCUT2D eigenvalue weighted by molar-refractivity contribution is 0.166. The molecule has 1 aromatic heterocycles. The molecule has 0 unspecified atom stereocenters. The smallest absolute Gasteiger partial charge is 0.265 e. The van der Waals surface area contributed by atoms with E-state index >= 15 is 0 Å². The van der Waals surface area contributed by atoms with Gasteiger partial charge in [-0.25, -0.2) is 17.8 Å². The van der Waals surface area contributed by atoms with E-state index in [1.807, 2.05) is 37.3 Å². The van der Waals surface area contributed by atoms with Gasteiger partial charge in [-0.3, -0.25) is 0 Å². The van der Waals surface area contributed by atoms with Crippen LogP contribution in [0.3, 0.4) is 0 Å². The van der Waals surface area contributed by atoms with E-state index in [1.54, 1.807) is 0 Å². The van der Waals surface area contributed by atoms with Gasteiger partial charge in [0.1, 0.15) is 6.73 Å². The molecule has 21 heavy (non-hydrogen) atoms. The predicted molar refractivity (Wildman–Crippen MR) is 74.9 cm³/mol. The Morgan fingerprint density at radius 1 is 1.24 bits per heavy atom. The second-order valence-electron chi connectivity index (χ2n) is 4.04. The predicted octanol–water partition coefficient (Wildman–Crippen LogP) is 0.954. The summed E-state index contributed by atoms with van der Waals surface area (Å²) >= 11 is 0. The summed E-state index contributed by atoms with van der Waals surface area (Å²) < 4.78 is 36.3. The van der Waals surface area contributed by atoms with Gasteiger partial charge in [0.15, 0.2) is 0 Å². The minimum atomic E-state index is -3.82. The fourth-order valence-corrected chi connectivity index (χ4v) is 2.52. The fraction of sp³-hybridized carbons (Fsp3) is 0.333. The Labute approximate surface area is 122 Å². The van der Waals surface area contributed by atoms with Crippen LogP contribution in [0.15, 0.2) is 40.0 Å². The molecule has 2 N–H and O–H groups in total. The molecule has 0 bridgehead atoms. The molecule has 1 heterocycles. The summed E-state index contributed by atoms with van der Waals surface area (Å²) in [6, 6.07) is 9.15. The second kappa shape index (κ2) is 7.16. The highest BCUT2D eigenvalue weighted by atomic mass is 32.2. The molecule has 0 aliphatic rings. The van der Waals surface area contributed by atoms with Crippen molar-refractivity contribution in [3.8, 4) is 0 Å². The lowest BCUT2D eigenvalue weighted by atomic mass is 10.2. The molecule has 8 nitrogen and oxygen atoms in total. The third kappa shape index (κ3) is 4.25. The number of nitrogens with zero attached hydrogens (tertiary/aromatic N) is 2. The van der Waals surface area contributed by atoms with Crippen molar-refractivity contribution in [3.05, 3.63) is 35.9 Å². The Hall–Kier alpha value is -1.97. The van der Waals surface area contributed by atoms with Gasteiger partial charge < -0.3 is 10.1 Å². The van der Waals surface area contributed by atoms with Gasteiger partial charge in [0, 0.05) is 13.2 Å². The fourth-order valence-electron chi connectivity index (χ4n) is 1.53. The van der Waals surface area contributed by atoms with Gasteiger partial charge in [-0.2, -0.15) is 0 Å². The number of sulfonamides is 1. The first-order chi connectivity index (χ1) is 10.1. The summed E-state index contributed by atoms with van der Waals surface area (Å²) in [6.07, 6.45) is 0. The van der Waals surface area contributed by atoms with Crippen LogP contribution in [-0.4, -0.2) is 32.1 Å². The summed E-state index contributed by atoms with van der Waals surface area (Å²) in [6.45, 7) is 2.58. The third-order valence-electron chi connectivity index (χ3n) is 2.57. The third-order valence-corrected chi connectivity index (χ3v) is 3.87. The van der Waals surface area contributed by atoms with Gasteiger partial charge in [-0.1, -0.05) is 30.3 Å². The molecule has 0 aliphatic carbocycles. The number of hydrogen-bond acceptors (Lipinski definition) is 7. The summed E-state index contributed by atoms with van der Waals surface area (Å²) in [7, 11) is -3.82. The summed E-state index contributed by atoms with van der Waals surface area (Å²) in [5, 5.41) is 9.33. The molecular weight excluding hydrogens is 296 g/mol. The van der Waals surface area contributed by atoms with Crippen molar-refractivity contribution in [2.24, 2.45) is 0 Å². The number of aromatic nitrogens is 2. The van der Waals surface area contributed by atoms with Crippen molar-refractivity contribution in [3.63, 3.8) is 0 Å². The van der Waals surface area contributed by atoms with Crippen LogP contribution in [0.4, 0.5) is 5.82 Å².